The molecule has 1 unspecified atom stereocenters. The van der Waals surface area contributed by atoms with E-state index in [1.165, 1.54) is 6.92 Å². The van der Waals surface area contributed by atoms with Crippen LogP contribution in [-0.2, 0) is 28.5 Å². The van der Waals surface area contributed by atoms with Gasteiger partial charge in [0.1, 0.15) is 11.2 Å². The number of likely N-dealkylation sites (N-methyl/N-ethyl adjacent to an activating group) is 1. The third-order valence-electron chi connectivity index (χ3n) is 11.9. The summed E-state index contributed by atoms with van der Waals surface area (Å²) in [7, 11) is 6.83. The summed E-state index contributed by atoms with van der Waals surface area (Å²) in [5.74, 6) is -0.523. The Balaban J connectivity index is 1.65. The van der Waals surface area contributed by atoms with Crippen LogP contribution < -0.4 is 0 Å². The van der Waals surface area contributed by atoms with E-state index in [2.05, 4.69) is 11.8 Å². The highest BCUT2D eigenvalue weighted by Crippen LogP contribution is 2.80. The first-order valence-corrected chi connectivity index (χ1v) is 13.6. The van der Waals surface area contributed by atoms with Crippen LogP contribution in [0, 0.1) is 34.5 Å². The van der Waals surface area contributed by atoms with E-state index >= 15 is 0 Å². The zero-order valence-electron chi connectivity index (χ0n) is 22.4. The second kappa shape index (κ2) is 8.10. The standard InChI is InChI=1S/C27H43NO8/c1-7-28-12-24(13-36-14(2)29)9-8-18(33-4)26-16-10-15-17(32-3)11-25(30,19(16)20(15)34-5)27(31,23(26)28)22(35-6)21(24)26/h15-23,30-31H,7-13H2,1-6H3/t15-,16-,17+,18?,19-,20+,21-,22+,23+,24+,25-,26+,27+/m1/s1. The van der Waals surface area contributed by atoms with Gasteiger partial charge < -0.3 is 33.9 Å². The van der Waals surface area contributed by atoms with Gasteiger partial charge in [-0.25, -0.2) is 0 Å². The molecule has 6 fully saturated rings. The lowest BCUT2D eigenvalue weighted by atomic mass is 9.42. The fraction of sp³-hybridized carbons (Fsp3) is 0.963. The van der Waals surface area contributed by atoms with E-state index in [9.17, 15) is 15.0 Å². The summed E-state index contributed by atoms with van der Waals surface area (Å²) < 4.78 is 30.5. The second-order valence-corrected chi connectivity index (χ2v) is 12.5. The molecule has 1 spiro atoms. The predicted octanol–water partition coefficient (Wildman–Crippen LogP) is 0.842. The smallest absolute Gasteiger partial charge is 0.302 e. The molecule has 2 N–H and O–H groups in total. The third-order valence-corrected chi connectivity index (χ3v) is 11.9. The van der Waals surface area contributed by atoms with Gasteiger partial charge in [0.25, 0.3) is 0 Å². The summed E-state index contributed by atoms with van der Waals surface area (Å²) in [5.41, 5.74) is -3.91. The number of methoxy groups -OCH3 is 4. The SMILES string of the molecule is CCN1C[C@]2(COC(C)=O)CCC(OC)[C@@]34[C@@H]5C[C@H]6[C@H](OC)[C@@H]5[C@](O)(C[C@@H]6OC)[C@](O)([C@@H](OC)[C@H]23)[C@@H]14. The van der Waals surface area contributed by atoms with Crippen LogP contribution in [0.3, 0.4) is 0 Å². The van der Waals surface area contributed by atoms with E-state index < -0.39 is 28.1 Å². The molecule has 0 aromatic heterocycles. The topological polar surface area (TPSA) is 107 Å². The Morgan fingerprint density at radius 2 is 1.83 bits per heavy atom. The average Bonchev–Trinajstić information content (AvgIpc) is 3.28. The number of nitrogens with zero attached hydrogens (tertiary/aromatic N) is 1. The predicted molar refractivity (Wildman–Crippen MR) is 128 cm³/mol. The number of ether oxygens (including phenoxy) is 5. The van der Waals surface area contributed by atoms with Crippen LogP contribution in [0.2, 0.25) is 0 Å². The highest BCUT2D eigenvalue weighted by Gasteiger charge is 2.91. The summed E-state index contributed by atoms with van der Waals surface area (Å²) in [4.78, 5) is 14.4. The van der Waals surface area contributed by atoms with Crippen LogP contribution in [0.4, 0.5) is 0 Å². The molecule has 0 aromatic carbocycles. The van der Waals surface area contributed by atoms with Gasteiger partial charge in [-0.3, -0.25) is 9.69 Å². The second-order valence-electron chi connectivity index (χ2n) is 12.5. The van der Waals surface area contributed by atoms with Crippen molar-refractivity contribution in [2.24, 2.45) is 34.5 Å². The molecular formula is C27H43NO8. The molecule has 5 saturated carbocycles. The minimum Gasteiger partial charge on any atom is -0.465 e. The zero-order chi connectivity index (χ0) is 25.8. The molecule has 9 nitrogen and oxygen atoms in total. The number of rotatable bonds is 7. The van der Waals surface area contributed by atoms with Gasteiger partial charge in [-0.1, -0.05) is 6.92 Å². The van der Waals surface area contributed by atoms with Crippen LogP contribution >= 0.6 is 0 Å². The number of piperidine rings is 1. The van der Waals surface area contributed by atoms with Gasteiger partial charge in [0, 0.05) is 76.9 Å². The molecule has 204 valence electrons. The minimum atomic E-state index is -1.56. The molecule has 6 rings (SSSR count). The third kappa shape index (κ3) is 2.55. The minimum absolute atomic E-state index is 0.0457. The first-order valence-electron chi connectivity index (χ1n) is 13.6. The Hall–Kier alpha value is -0.810. The van der Waals surface area contributed by atoms with Gasteiger partial charge in [0.05, 0.1) is 37.1 Å². The molecule has 6 aliphatic rings. The molecule has 5 aliphatic carbocycles. The van der Waals surface area contributed by atoms with Crippen molar-refractivity contribution in [1.82, 2.24) is 4.90 Å². The van der Waals surface area contributed by atoms with Crippen LogP contribution in [0.1, 0.15) is 39.5 Å². The van der Waals surface area contributed by atoms with Crippen LogP contribution in [-0.4, -0.2) is 111 Å². The van der Waals surface area contributed by atoms with Crippen molar-refractivity contribution < 1.29 is 38.7 Å². The van der Waals surface area contributed by atoms with Crippen LogP contribution in [0.25, 0.3) is 0 Å². The number of aliphatic hydroxyl groups is 2. The fourth-order valence-corrected chi connectivity index (χ4v) is 11.2. The largest absolute Gasteiger partial charge is 0.465 e. The molecular weight excluding hydrogens is 466 g/mol. The molecule has 0 aromatic rings. The molecule has 36 heavy (non-hydrogen) atoms. The molecule has 1 aliphatic heterocycles. The molecule has 9 heteroatoms. The summed E-state index contributed by atoms with van der Waals surface area (Å²) in [5, 5.41) is 26.0. The Bertz CT molecular complexity index is 918. The lowest BCUT2D eigenvalue weighted by Crippen LogP contribution is -2.82. The average molecular weight is 510 g/mol. The van der Waals surface area contributed by atoms with Crippen molar-refractivity contribution in [3.8, 4) is 0 Å². The fourth-order valence-electron chi connectivity index (χ4n) is 11.2. The number of carbonyl (C=O) groups is 1. The number of likely N-dealkylation sites (tertiary alicyclic amines) is 1. The number of hydrogen-bond donors (Lipinski definition) is 2. The molecule has 1 saturated heterocycles. The quantitative estimate of drug-likeness (QED) is 0.483. The lowest BCUT2D eigenvalue weighted by molar-refractivity contribution is -0.320. The molecule has 0 radical (unpaired) electrons. The monoisotopic (exact) mass is 509 g/mol. The van der Waals surface area contributed by atoms with Crippen molar-refractivity contribution in [1.29, 1.82) is 0 Å². The summed E-state index contributed by atoms with van der Waals surface area (Å²) >= 11 is 0. The molecule has 0 amide bonds. The Morgan fingerprint density at radius 1 is 1.08 bits per heavy atom. The molecule has 7 bridgehead atoms. The highest BCUT2D eigenvalue weighted by molar-refractivity contribution is 5.66. The maximum atomic E-state index is 13.1. The van der Waals surface area contributed by atoms with Gasteiger partial charge in [-0.05, 0) is 31.7 Å². The summed E-state index contributed by atoms with van der Waals surface area (Å²) in [6.45, 7) is 5.22. The van der Waals surface area contributed by atoms with Gasteiger partial charge in [0.15, 0.2) is 0 Å². The van der Waals surface area contributed by atoms with E-state index in [4.69, 9.17) is 23.7 Å². The Morgan fingerprint density at radius 3 is 2.42 bits per heavy atom. The van der Waals surface area contributed by atoms with Crippen molar-refractivity contribution in [2.75, 3.05) is 48.1 Å². The van der Waals surface area contributed by atoms with E-state index in [0.717, 1.165) is 19.3 Å². The molecule has 1 heterocycles. The number of hydrogen-bond acceptors (Lipinski definition) is 9. The van der Waals surface area contributed by atoms with Gasteiger partial charge >= 0.3 is 5.97 Å². The summed E-state index contributed by atoms with van der Waals surface area (Å²) in [6, 6.07) is -0.348. The van der Waals surface area contributed by atoms with Crippen molar-refractivity contribution in [3.63, 3.8) is 0 Å². The van der Waals surface area contributed by atoms with Gasteiger partial charge in [-0.2, -0.15) is 0 Å². The van der Waals surface area contributed by atoms with E-state index in [1.807, 2.05) is 0 Å². The maximum Gasteiger partial charge on any atom is 0.302 e. The van der Waals surface area contributed by atoms with Gasteiger partial charge in [0.2, 0.25) is 0 Å². The van der Waals surface area contributed by atoms with E-state index in [1.54, 1.807) is 28.4 Å². The van der Waals surface area contributed by atoms with Crippen LogP contribution in [0.5, 0.6) is 0 Å². The molecule has 13 atom stereocenters. The Kier molecular flexibility index (Phi) is 5.73. The van der Waals surface area contributed by atoms with Crippen LogP contribution in [0.15, 0.2) is 0 Å². The van der Waals surface area contributed by atoms with Crippen molar-refractivity contribution in [2.45, 2.75) is 81.2 Å². The number of fused-ring (bicyclic) bond motifs is 2. The number of esters is 1. The Labute approximate surface area is 213 Å². The highest BCUT2D eigenvalue weighted by atomic mass is 16.5. The van der Waals surface area contributed by atoms with Gasteiger partial charge in [-0.15, -0.1) is 0 Å². The maximum absolute atomic E-state index is 13.1. The first-order chi connectivity index (χ1) is 17.2. The normalized spacial score (nSPS) is 56.6. The van der Waals surface area contributed by atoms with Crippen molar-refractivity contribution in [3.05, 3.63) is 0 Å². The van der Waals surface area contributed by atoms with Crippen molar-refractivity contribution >= 4 is 5.97 Å². The van der Waals surface area contributed by atoms with E-state index in [0.29, 0.717) is 19.5 Å². The lowest BCUT2D eigenvalue weighted by Gasteiger charge is -2.70. The zero-order valence-corrected chi connectivity index (χ0v) is 22.4. The number of carbonyl (C=O) groups excluding carboxylic acids is 1. The summed E-state index contributed by atoms with van der Waals surface area (Å²) in [6.07, 6.45) is 1.59. The van der Waals surface area contributed by atoms with E-state index in [-0.39, 0.29) is 60.6 Å². The first kappa shape index (κ1) is 25.5.